The lowest BCUT2D eigenvalue weighted by Gasteiger charge is -2.21. The number of likely N-dealkylation sites (N-methyl/N-ethyl adjacent to an activating group) is 1. The molecule has 136 valence electrons. The molecule has 0 radical (unpaired) electrons. The molecule has 0 amide bonds. The Morgan fingerprint density at radius 3 is 2.27 bits per heavy atom. The predicted octanol–water partition coefficient (Wildman–Crippen LogP) is 5.09. The number of aliphatic imine (C=N–C) groups is 1. The second-order valence-electron chi connectivity index (χ2n) is 6.09. The third kappa shape index (κ3) is 4.96. The topological polar surface area (TPSA) is 24.4 Å². The summed E-state index contributed by atoms with van der Waals surface area (Å²) in [6.45, 7) is 7.70. The van der Waals surface area contributed by atoms with Crippen LogP contribution in [0.2, 0.25) is 0 Å². The Labute approximate surface area is 154 Å². The number of hydrogen-bond donors (Lipinski definition) is 1. The third-order valence-corrected chi connectivity index (χ3v) is 4.20. The highest BCUT2D eigenvalue weighted by Crippen LogP contribution is 2.21. The average molecular weight is 354 g/mol. The molecule has 2 nitrogen and oxygen atoms in total. The highest BCUT2D eigenvalue weighted by molar-refractivity contribution is 6.26. The van der Waals surface area contributed by atoms with Crippen molar-refractivity contribution < 1.29 is 8.78 Å². The Kier molecular flexibility index (Phi) is 6.98. The van der Waals surface area contributed by atoms with Gasteiger partial charge in [0, 0.05) is 17.8 Å². The van der Waals surface area contributed by atoms with Gasteiger partial charge in [-0.05, 0) is 50.6 Å². The van der Waals surface area contributed by atoms with Crippen LogP contribution in [0.5, 0.6) is 0 Å². The summed E-state index contributed by atoms with van der Waals surface area (Å²) in [5.74, 6) is -1.16. The van der Waals surface area contributed by atoms with Crippen LogP contribution in [0, 0.1) is 18.6 Å². The van der Waals surface area contributed by atoms with E-state index in [2.05, 4.69) is 16.9 Å². The van der Waals surface area contributed by atoms with Crippen molar-refractivity contribution in [1.82, 2.24) is 5.32 Å². The lowest BCUT2D eigenvalue weighted by atomic mass is 9.91. The van der Waals surface area contributed by atoms with Gasteiger partial charge in [-0.3, -0.25) is 4.99 Å². The second-order valence-corrected chi connectivity index (χ2v) is 6.09. The number of rotatable bonds is 7. The smallest absolute Gasteiger partial charge is 0.126 e. The van der Waals surface area contributed by atoms with Crippen LogP contribution in [-0.4, -0.2) is 18.8 Å². The van der Waals surface area contributed by atoms with E-state index >= 15 is 0 Å². The van der Waals surface area contributed by atoms with Gasteiger partial charge in [-0.1, -0.05) is 42.5 Å². The van der Waals surface area contributed by atoms with Gasteiger partial charge in [0.15, 0.2) is 0 Å². The molecule has 2 aromatic carbocycles. The molecule has 0 heterocycles. The molecule has 2 aromatic rings. The van der Waals surface area contributed by atoms with Gasteiger partial charge in [0.05, 0.1) is 11.8 Å². The number of benzene rings is 2. The molecule has 0 aliphatic rings. The summed E-state index contributed by atoms with van der Waals surface area (Å²) in [7, 11) is 1.81. The standard InChI is InChI=1S/C22H24F2N2/c1-5-20(17-9-7-15(3)8-10-17)22(26-6-2)21(25-4)13-16-11-18(23)14-19(24)12-16/h5-12,14,21,25H,2,13H2,1,3-4H3/b20-5-,26-22?. The summed E-state index contributed by atoms with van der Waals surface area (Å²) in [4.78, 5) is 4.47. The first-order valence-electron chi connectivity index (χ1n) is 8.53. The normalized spacial score (nSPS) is 13.6. The van der Waals surface area contributed by atoms with Gasteiger partial charge < -0.3 is 5.32 Å². The number of aryl methyl sites for hydroxylation is 1. The molecule has 4 heteroatoms. The van der Waals surface area contributed by atoms with Gasteiger partial charge in [0.1, 0.15) is 11.6 Å². The summed E-state index contributed by atoms with van der Waals surface area (Å²) >= 11 is 0. The van der Waals surface area contributed by atoms with Crippen LogP contribution in [0.1, 0.15) is 23.6 Å². The van der Waals surface area contributed by atoms with E-state index in [1.54, 1.807) is 7.05 Å². The molecule has 26 heavy (non-hydrogen) atoms. The largest absolute Gasteiger partial charge is 0.311 e. The van der Waals surface area contributed by atoms with Crippen molar-refractivity contribution in [2.75, 3.05) is 7.05 Å². The monoisotopic (exact) mass is 354 g/mol. The molecule has 1 atom stereocenters. The van der Waals surface area contributed by atoms with Crippen molar-refractivity contribution in [2.24, 2.45) is 4.99 Å². The highest BCUT2D eigenvalue weighted by Gasteiger charge is 2.20. The first-order valence-corrected chi connectivity index (χ1v) is 8.53. The van der Waals surface area contributed by atoms with Crippen molar-refractivity contribution >= 4 is 11.3 Å². The second kappa shape index (κ2) is 9.20. The molecule has 2 rings (SSSR count). The van der Waals surface area contributed by atoms with E-state index in [0.29, 0.717) is 12.0 Å². The van der Waals surface area contributed by atoms with E-state index in [-0.39, 0.29) is 6.04 Å². The fourth-order valence-corrected chi connectivity index (χ4v) is 2.94. The zero-order valence-electron chi connectivity index (χ0n) is 15.4. The summed E-state index contributed by atoms with van der Waals surface area (Å²) in [5, 5.41) is 3.21. The fraction of sp³-hybridized carbons (Fsp3) is 0.227. The summed E-state index contributed by atoms with van der Waals surface area (Å²) in [6, 6.07) is 11.5. The molecule has 1 unspecified atom stereocenters. The summed E-state index contributed by atoms with van der Waals surface area (Å²) in [5.41, 5.74) is 4.51. The molecule has 0 saturated carbocycles. The van der Waals surface area contributed by atoms with E-state index in [0.717, 1.165) is 22.9 Å². The van der Waals surface area contributed by atoms with Crippen LogP contribution in [-0.2, 0) is 6.42 Å². The zero-order chi connectivity index (χ0) is 19.1. The third-order valence-electron chi connectivity index (χ3n) is 4.20. The van der Waals surface area contributed by atoms with Gasteiger partial charge in [0.2, 0.25) is 0 Å². The maximum absolute atomic E-state index is 13.5. The minimum atomic E-state index is -0.582. The lowest BCUT2D eigenvalue weighted by molar-refractivity contribution is 0.576. The average Bonchev–Trinajstić information content (AvgIpc) is 2.60. The van der Waals surface area contributed by atoms with Crippen LogP contribution < -0.4 is 5.32 Å². The highest BCUT2D eigenvalue weighted by atomic mass is 19.1. The molecular formula is C22H24F2N2. The Bertz CT molecular complexity index is 800. The number of nitrogens with zero attached hydrogens (tertiary/aromatic N) is 1. The summed E-state index contributed by atoms with van der Waals surface area (Å²) < 4.78 is 27.1. The maximum Gasteiger partial charge on any atom is 0.126 e. The van der Waals surface area contributed by atoms with Crippen LogP contribution in [0.4, 0.5) is 8.78 Å². The molecule has 0 aliphatic carbocycles. The number of halogens is 2. The molecule has 0 aromatic heterocycles. The molecule has 0 spiro atoms. The van der Waals surface area contributed by atoms with Gasteiger partial charge in [0.25, 0.3) is 0 Å². The molecular weight excluding hydrogens is 330 g/mol. The first-order chi connectivity index (χ1) is 12.5. The van der Waals surface area contributed by atoms with Crippen LogP contribution in [0.25, 0.3) is 5.57 Å². The van der Waals surface area contributed by atoms with E-state index < -0.39 is 11.6 Å². The van der Waals surface area contributed by atoms with Crippen molar-refractivity contribution in [3.05, 3.63) is 89.6 Å². The van der Waals surface area contributed by atoms with Gasteiger partial charge in [-0.25, -0.2) is 8.78 Å². The SMILES string of the molecule is C=CN=C(/C(=C\C)c1ccc(C)cc1)C(Cc1cc(F)cc(F)c1)NC. The van der Waals surface area contributed by atoms with Crippen molar-refractivity contribution in [1.29, 1.82) is 0 Å². The quantitative estimate of drug-likeness (QED) is 0.688. The van der Waals surface area contributed by atoms with Crippen LogP contribution in [0.15, 0.2) is 66.3 Å². The van der Waals surface area contributed by atoms with Gasteiger partial charge in [-0.2, -0.15) is 0 Å². The Hall–Kier alpha value is -2.59. The Balaban J connectivity index is 2.40. The molecule has 1 N–H and O–H groups in total. The molecule has 0 aliphatic heterocycles. The van der Waals surface area contributed by atoms with Crippen molar-refractivity contribution in [3.63, 3.8) is 0 Å². The lowest BCUT2D eigenvalue weighted by Crippen LogP contribution is -2.36. The van der Waals surface area contributed by atoms with Crippen molar-refractivity contribution in [3.8, 4) is 0 Å². The molecule has 0 bridgehead atoms. The Morgan fingerprint density at radius 1 is 1.15 bits per heavy atom. The number of allylic oxidation sites excluding steroid dienone is 1. The first kappa shape index (κ1) is 19.7. The van der Waals surface area contributed by atoms with Crippen LogP contribution >= 0.6 is 0 Å². The summed E-state index contributed by atoms with van der Waals surface area (Å²) in [6.07, 6.45) is 3.88. The predicted molar refractivity (Wildman–Crippen MR) is 105 cm³/mol. The van der Waals surface area contributed by atoms with E-state index in [9.17, 15) is 8.78 Å². The Morgan fingerprint density at radius 2 is 1.77 bits per heavy atom. The van der Waals surface area contributed by atoms with E-state index in [1.165, 1.54) is 23.9 Å². The molecule has 0 fully saturated rings. The van der Waals surface area contributed by atoms with Crippen molar-refractivity contribution in [2.45, 2.75) is 26.3 Å². The fourth-order valence-electron chi connectivity index (χ4n) is 2.94. The minimum Gasteiger partial charge on any atom is -0.311 e. The van der Waals surface area contributed by atoms with E-state index in [1.807, 2.05) is 44.2 Å². The zero-order valence-corrected chi connectivity index (χ0v) is 15.4. The van der Waals surface area contributed by atoms with E-state index in [4.69, 9.17) is 0 Å². The van der Waals surface area contributed by atoms with Crippen LogP contribution in [0.3, 0.4) is 0 Å². The molecule has 0 saturated heterocycles. The van der Waals surface area contributed by atoms with Gasteiger partial charge in [-0.15, -0.1) is 0 Å². The minimum absolute atomic E-state index is 0.221. The maximum atomic E-state index is 13.5. The number of hydrogen-bond acceptors (Lipinski definition) is 2. The van der Waals surface area contributed by atoms with Gasteiger partial charge >= 0.3 is 0 Å². The number of nitrogens with one attached hydrogen (secondary N) is 1.